The third kappa shape index (κ3) is 42.1. The van der Waals surface area contributed by atoms with Crippen molar-refractivity contribution in [2.45, 2.75) is 219 Å². The Kier molecular flexibility index (Phi) is 41.5. The molecular formula is C49H84O6. The van der Waals surface area contributed by atoms with Gasteiger partial charge in [0.05, 0.1) is 6.42 Å². The van der Waals surface area contributed by atoms with Crippen molar-refractivity contribution < 1.29 is 28.6 Å². The summed E-state index contributed by atoms with van der Waals surface area (Å²) in [6.45, 7) is 6.41. The molecule has 0 rings (SSSR count). The van der Waals surface area contributed by atoms with E-state index in [9.17, 15) is 14.4 Å². The Balaban J connectivity index is 4.49. The van der Waals surface area contributed by atoms with Gasteiger partial charge in [-0.3, -0.25) is 14.4 Å². The molecule has 0 aliphatic rings. The number of hydrogen-bond acceptors (Lipinski definition) is 6. The fourth-order valence-electron chi connectivity index (χ4n) is 6.16. The molecule has 316 valence electrons. The molecule has 1 atom stereocenters. The summed E-state index contributed by atoms with van der Waals surface area (Å²) in [5, 5.41) is 0. The van der Waals surface area contributed by atoms with E-state index in [0.29, 0.717) is 12.8 Å². The Morgan fingerprint density at radius 2 is 0.709 bits per heavy atom. The molecule has 0 radical (unpaired) electrons. The van der Waals surface area contributed by atoms with Gasteiger partial charge >= 0.3 is 17.9 Å². The van der Waals surface area contributed by atoms with E-state index in [4.69, 9.17) is 14.2 Å². The molecule has 0 amide bonds. The normalized spacial score (nSPS) is 12.6. The molecule has 0 aromatic heterocycles. The molecule has 55 heavy (non-hydrogen) atoms. The van der Waals surface area contributed by atoms with Gasteiger partial charge in [-0.1, -0.05) is 210 Å². The van der Waals surface area contributed by atoms with E-state index >= 15 is 0 Å². The van der Waals surface area contributed by atoms with Crippen LogP contribution in [0.2, 0.25) is 0 Å². The fraction of sp³-hybridized carbons (Fsp3) is 0.735. The minimum atomic E-state index is -0.807. The first-order valence-corrected chi connectivity index (χ1v) is 22.8. The molecule has 0 spiro atoms. The SMILES string of the molecule is CC/C=C\C/C=C\C/C=C\C/C=C\C/C=C\CC(=O)OCC(COC(=O)CCCCCCCCCCCC)OC(=O)CCCCCCCCCCCCCC. The van der Waals surface area contributed by atoms with Gasteiger partial charge < -0.3 is 14.2 Å². The lowest BCUT2D eigenvalue weighted by molar-refractivity contribution is -0.166. The maximum absolute atomic E-state index is 12.7. The minimum Gasteiger partial charge on any atom is -0.462 e. The maximum Gasteiger partial charge on any atom is 0.309 e. The molecule has 0 aliphatic carbocycles. The van der Waals surface area contributed by atoms with E-state index in [1.165, 1.54) is 103 Å². The van der Waals surface area contributed by atoms with Crippen molar-refractivity contribution in [1.29, 1.82) is 0 Å². The Morgan fingerprint density at radius 3 is 1.11 bits per heavy atom. The van der Waals surface area contributed by atoms with E-state index in [2.05, 4.69) is 69.4 Å². The van der Waals surface area contributed by atoms with Crippen LogP contribution in [0.1, 0.15) is 213 Å². The fourth-order valence-corrected chi connectivity index (χ4v) is 6.16. The van der Waals surface area contributed by atoms with E-state index in [1.54, 1.807) is 6.08 Å². The number of rotatable bonds is 40. The minimum absolute atomic E-state index is 0.101. The molecule has 0 N–H and O–H groups in total. The molecule has 0 heterocycles. The van der Waals surface area contributed by atoms with Crippen LogP contribution in [0.15, 0.2) is 60.8 Å². The molecule has 0 aromatic carbocycles. The van der Waals surface area contributed by atoms with Crippen LogP contribution < -0.4 is 0 Å². The summed E-state index contributed by atoms with van der Waals surface area (Å²) in [6, 6.07) is 0. The third-order valence-electron chi connectivity index (χ3n) is 9.57. The van der Waals surface area contributed by atoms with Crippen LogP contribution >= 0.6 is 0 Å². The van der Waals surface area contributed by atoms with Crippen LogP contribution in [-0.2, 0) is 28.6 Å². The zero-order chi connectivity index (χ0) is 40.1. The average Bonchev–Trinajstić information content (AvgIpc) is 3.18. The lowest BCUT2D eigenvalue weighted by Crippen LogP contribution is -2.30. The molecule has 6 heteroatoms. The highest BCUT2D eigenvalue weighted by molar-refractivity contribution is 5.72. The summed E-state index contributed by atoms with van der Waals surface area (Å²) in [7, 11) is 0. The summed E-state index contributed by atoms with van der Waals surface area (Å²) in [5.41, 5.74) is 0. The summed E-state index contributed by atoms with van der Waals surface area (Å²) < 4.78 is 16.6. The second-order valence-corrected chi connectivity index (χ2v) is 15.0. The predicted molar refractivity (Wildman–Crippen MR) is 233 cm³/mol. The van der Waals surface area contributed by atoms with E-state index < -0.39 is 12.1 Å². The van der Waals surface area contributed by atoms with Gasteiger partial charge in [0.15, 0.2) is 6.10 Å². The largest absolute Gasteiger partial charge is 0.462 e. The van der Waals surface area contributed by atoms with Gasteiger partial charge in [0.25, 0.3) is 0 Å². The van der Waals surface area contributed by atoms with Crippen molar-refractivity contribution in [3.05, 3.63) is 60.8 Å². The standard InChI is InChI=1S/C49H84O6/c1-4-7-10-13-16-19-22-24-25-26-28-30-33-36-39-42-48(51)54-45-46(44-53-47(50)41-38-35-32-29-21-18-15-12-9-6-3)55-49(52)43-40-37-34-31-27-23-20-17-14-11-8-5-2/h7,10,16,19,24-25,28,30,36,39,46H,4-6,8-9,11-15,17-18,20-23,26-27,29,31-35,37-38,40-45H2,1-3H3/b10-7-,19-16-,25-24-,30-28-,39-36-. The molecule has 0 aromatic rings. The van der Waals surface area contributed by atoms with Crippen LogP contribution in [0.4, 0.5) is 0 Å². The molecule has 6 nitrogen and oxygen atoms in total. The highest BCUT2D eigenvalue weighted by atomic mass is 16.6. The number of hydrogen-bond donors (Lipinski definition) is 0. The molecule has 0 saturated heterocycles. The van der Waals surface area contributed by atoms with Crippen molar-refractivity contribution >= 4 is 17.9 Å². The lowest BCUT2D eigenvalue weighted by Gasteiger charge is -2.18. The van der Waals surface area contributed by atoms with Gasteiger partial charge in [0.1, 0.15) is 13.2 Å². The van der Waals surface area contributed by atoms with Crippen molar-refractivity contribution in [2.75, 3.05) is 13.2 Å². The Morgan fingerprint density at radius 1 is 0.382 bits per heavy atom. The number of carbonyl (C=O) groups is 3. The molecule has 0 bridgehead atoms. The molecule has 0 aliphatic heterocycles. The lowest BCUT2D eigenvalue weighted by atomic mass is 10.0. The highest BCUT2D eigenvalue weighted by Crippen LogP contribution is 2.14. The Labute approximate surface area is 339 Å². The van der Waals surface area contributed by atoms with Crippen LogP contribution in [0.3, 0.4) is 0 Å². The number of ether oxygens (including phenoxy) is 3. The number of allylic oxidation sites excluding steroid dienone is 9. The highest BCUT2D eigenvalue weighted by Gasteiger charge is 2.19. The molecule has 1 unspecified atom stereocenters. The summed E-state index contributed by atoms with van der Waals surface area (Å²) >= 11 is 0. The van der Waals surface area contributed by atoms with Gasteiger partial charge in [0.2, 0.25) is 0 Å². The van der Waals surface area contributed by atoms with Crippen LogP contribution in [-0.4, -0.2) is 37.2 Å². The first-order chi connectivity index (χ1) is 27.0. The van der Waals surface area contributed by atoms with Crippen LogP contribution in [0, 0.1) is 0 Å². The zero-order valence-corrected chi connectivity index (χ0v) is 35.9. The van der Waals surface area contributed by atoms with Crippen molar-refractivity contribution in [3.8, 4) is 0 Å². The second kappa shape index (κ2) is 43.8. The maximum atomic E-state index is 12.7. The van der Waals surface area contributed by atoms with Crippen molar-refractivity contribution in [2.24, 2.45) is 0 Å². The first-order valence-electron chi connectivity index (χ1n) is 22.8. The summed E-state index contributed by atoms with van der Waals surface area (Å²) in [6.07, 6.45) is 52.2. The van der Waals surface area contributed by atoms with E-state index in [1.807, 2.05) is 6.08 Å². The van der Waals surface area contributed by atoms with Gasteiger partial charge in [-0.15, -0.1) is 0 Å². The number of unbranched alkanes of at least 4 members (excludes halogenated alkanes) is 20. The predicted octanol–water partition coefficient (Wildman–Crippen LogP) is 14.5. The van der Waals surface area contributed by atoms with Gasteiger partial charge in [0, 0.05) is 12.8 Å². The van der Waals surface area contributed by atoms with Crippen molar-refractivity contribution in [3.63, 3.8) is 0 Å². The topological polar surface area (TPSA) is 78.9 Å². The molecular weight excluding hydrogens is 685 g/mol. The van der Waals surface area contributed by atoms with Crippen LogP contribution in [0.5, 0.6) is 0 Å². The van der Waals surface area contributed by atoms with Gasteiger partial charge in [-0.25, -0.2) is 0 Å². The summed E-state index contributed by atoms with van der Waals surface area (Å²) in [4.78, 5) is 37.6. The average molecular weight is 769 g/mol. The third-order valence-corrected chi connectivity index (χ3v) is 9.57. The quantitative estimate of drug-likeness (QED) is 0.0267. The second-order valence-electron chi connectivity index (χ2n) is 15.0. The van der Waals surface area contributed by atoms with Gasteiger partial charge in [-0.05, 0) is 44.9 Å². The number of carbonyl (C=O) groups excluding carboxylic acids is 3. The molecule has 0 saturated carbocycles. The van der Waals surface area contributed by atoms with Crippen LogP contribution in [0.25, 0.3) is 0 Å². The first kappa shape index (κ1) is 52.1. The van der Waals surface area contributed by atoms with Crippen molar-refractivity contribution in [1.82, 2.24) is 0 Å². The number of esters is 3. The van der Waals surface area contributed by atoms with E-state index in [0.717, 1.165) is 70.6 Å². The Hall–Kier alpha value is -2.89. The Bertz CT molecular complexity index is 1020. The zero-order valence-electron chi connectivity index (χ0n) is 35.9. The molecule has 0 fully saturated rings. The smallest absolute Gasteiger partial charge is 0.309 e. The summed E-state index contributed by atoms with van der Waals surface area (Å²) in [5.74, 6) is -1.04. The van der Waals surface area contributed by atoms with E-state index in [-0.39, 0.29) is 31.6 Å². The van der Waals surface area contributed by atoms with Gasteiger partial charge in [-0.2, -0.15) is 0 Å². The monoisotopic (exact) mass is 769 g/mol.